The van der Waals surface area contributed by atoms with Crippen LogP contribution in [0.5, 0.6) is 5.75 Å². The number of piperidine rings is 1. The molecule has 2 fully saturated rings. The molecule has 0 spiro atoms. The summed E-state index contributed by atoms with van der Waals surface area (Å²) in [7, 11) is 3.32. The second kappa shape index (κ2) is 11.2. The Bertz CT molecular complexity index is 1300. The van der Waals surface area contributed by atoms with E-state index >= 15 is 0 Å². The third-order valence-electron chi connectivity index (χ3n) is 7.95. The molecule has 8 nitrogen and oxygen atoms in total. The highest BCUT2D eigenvalue weighted by Gasteiger charge is 2.32. The van der Waals surface area contributed by atoms with Crippen molar-refractivity contribution < 1.29 is 19.1 Å². The van der Waals surface area contributed by atoms with E-state index in [1.165, 1.54) is 0 Å². The minimum Gasteiger partial charge on any atom is -0.497 e. The number of likely N-dealkylation sites (tertiary alicyclic amines) is 2. The third-order valence-corrected chi connectivity index (χ3v) is 7.95. The van der Waals surface area contributed by atoms with Crippen LogP contribution in [0.4, 0.5) is 0 Å². The van der Waals surface area contributed by atoms with Crippen molar-refractivity contribution in [3.05, 3.63) is 65.4 Å². The molecule has 0 unspecified atom stereocenters. The highest BCUT2D eigenvalue weighted by atomic mass is 16.5. The number of methoxy groups -OCH3 is 2. The second-order valence-electron chi connectivity index (χ2n) is 10.7. The lowest BCUT2D eigenvalue weighted by molar-refractivity contribution is -0.0191. The Labute approximate surface area is 224 Å². The molecule has 3 heterocycles. The van der Waals surface area contributed by atoms with E-state index in [0.717, 1.165) is 48.1 Å². The molecule has 2 aromatic carbocycles. The van der Waals surface area contributed by atoms with Gasteiger partial charge >= 0.3 is 0 Å². The Morgan fingerprint density at radius 3 is 2.45 bits per heavy atom. The number of hydrogen-bond donors (Lipinski definition) is 1. The number of nitrogens with zero attached hydrogens (tertiary/aromatic N) is 3. The summed E-state index contributed by atoms with van der Waals surface area (Å²) < 4.78 is 12.8. The Kier molecular flexibility index (Phi) is 7.72. The smallest absolute Gasteiger partial charge is 0.268 e. The fourth-order valence-corrected chi connectivity index (χ4v) is 5.53. The van der Waals surface area contributed by atoms with Crippen molar-refractivity contribution in [2.24, 2.45) is 0 Å². The number of carbonyl (C=O) groups is 2. The van der Waals surface area contributed by atoms with Crippen LogP contribution in [0.2, 0.25) is 0 Å². The van der Waals surface area contributed by atoms with Crippen molar-refractivity contribution in [2.75, 3.05) is 40.4 Å². The molecule has 202 valence electrons. The molecule has 0 radical (unpaired) electrons. The summed E-state index contributed by atoms with van der Waals surface area (Å²) in [5.74, 6) is 0.632. The molecule has 3 aromatic rings. The minimum atomic E-state index is -0.103. The Hall–Kier alpha value is -3.36. The molecule has 5 rings (SSSR count). The molecule has 2 amide bonds. The number of hydrogen-bond acceptors (Lipinski definition) is 5. The molecule has 0 aliphatic carbocycles. The van der Waals surface area contributed by atoms with Gasteiger partial charge in [-0.25, -0.2) is 0 Å². The number of ether oxygens (including phenoxy) is 2. The molecular formula is C30H38N4O4. The molecule has 1 N–H and O–H groups in total. The maximum atomic E-state index is 13.7. The van der Waals surface area contributed by atoms with Gasteiger partial charge in [-0.1, -0.05) is 18.2 Å². The van der Waals surface area contributed by atoms with E-state index in [0.29, 0.717) is 36.9 Å². The van der Waals surface area contributed by atoms with Gasteiger partial charge in [0, 0.05) is 68.4 Å². The van der Waals surface area contributed by atoms with Crippen LogP contribution in [0.15, 0.2) is 48.5 Å². The second-order valence-corrected chi connectivity index (χ2v) is 10.7. The first-order chi connectivity index (χ1) is 18.4. The summed E-state index contributed by atoms with van der Waals surface area (Å²) in [6.45, 7) is 8.03. The van der Waals surface area contributed by atoms with Gasteiger partial charge in [-0.15, -0.1) is 0 Å². The quantitative estimate of drug-likeness (QED) is 0.491. The number of aromatic nitrogens is 1. The van der Waals surface area contributed by atoms with Crippen molar-refractivity contribution in [2.45, 2.75) is 51.4 Å². The summed E-state index contributed by atoms with van der Waals surface area (Å²) in [5, 5.41) is 4.08. The van der Waals surface area contributed by atoms with Gasteiger partial charge in [-0.3, -0.25) is 9.59 Å². The Morgan fingerprint density at radius 1 is 1.03 bits per heavy atom. The lowest BCUT2D eigenvalue weighted by Gasteiger charge is -2.38. The Morgan fingerprint density at radius 2 is 1.76 bits per heavy atom. The van der Waals surface area contributed by atoms with Crippen molar-refractivity contribution in [3.63, 3.8) is 0 Å². The zero-order valence-electron chi connectivity index (χ0n) is 22.8. The van der Waals surface area contributed by atoms with E-state index in [9.17, 15) is 9.59 Å². The number of fused-ring (bicyclic) bond motifs is 1. The summed E-state index contributed by atoms with van der Waals surface area (Å²) in [6, 6.07) is 16.1. The van der Waals surface area contributed by atoms with E-state index in [1.807, 2.05) is 53.1 Å². The average Bonchev–Trinajstić information content (AvgIpc) is 3.27. The van der Waals surface area contributed by atoms with E-state index in [1.54, 1.807) is 19.1 Å². The van der Waals surface area contributed by atoms with E-state index in [4.69, 9.17) is 9.47 Å². The predicted molar refractivity (Wildman–Crippen MR) is 148 cm³/mol. The van der Waals surface area contributed by atoms with Crippen LogP contribution in [0.1, 0.15) is 53.1 Å². The molecule has 2 aliphatic rings. The van der Waals surface area contributed by atoms with Gasteiger partial charge in [0.25, 0.3) is 11.8 Å². The lowest BCUT2D eigenvalue weighted by atomic mass is 10.0. The highest BCUT2D eigenvalue weighted by molar-refractivity contribution is 6.09. The van der Waals surface area contributed by atoms with Crippen LogP contribution in [-0.2, 0) is 11.3 Å². The summed E-state index contributed by atoms with van der Waals surface area (Å²) in [6.07, 6.45) is 1.94. The number of amides is 2. The van der Waals surface area contributed by atoms with Gasteiger partial charge in [0.05, 0.1) is 13.2 Å². The first kappa shape index (κ1) is 26.3. The van der Waals surface area contributed by atoms with Crippen LogP contribution in [0.25, 0.3) is 10.9 Å². The first-order valence-electron chi connectivity index (χ1n) is 13.5. The number of rotatable bonds is 8. The van der Waals surface area contributed by atoms with Gasteiger partial charge in [0.15, 0.2) is 0 Å². The standard InChI is InChI=1S/C30H38N4O4/c1-20(2)32-13-11-22(12-14-32)31-29(35)28-16-26-25(30(36)33-18-24(19-33)38-4)9-6-10-27(26)34(28)17-21-7-5-8-23(15-21)37-3/h5-10,15-16,20,22,24H,11-14,17-19H2,1-4H3,(H,31,35). The molecule has 0 saturated carbocycles. The number of carbonyl (C=O) groups excluding carboxylic acids is 2. The van der Waals surface area contributed by atoms with Gasteiger partial charge in [-0.05, 0) is 62.6 Å². The van der Waals surface area contributed by atoms with Crippen LogP contribution >= 0.6 is 0 Å². The van der Waals surface area contributed by atoms with Crippen molar-refractivity contribution in [1.82, 2.24) is 19.7 Å². The van der Waals surface area contributed by atoms with Crippen LogP contribution in [0, 0.1) is 0 Å². The van der Waals surface area contributed by atoms with Crippen LogP contribution in [-0.4, -0.2) is 84.8 Å². The number of nitrogens with one attached hydrogen (secondary N) is 1. The zero-order valence-corrected chi connectivity index (χ0v) is 22.8. The van der Waals surface area contributed by atoms with Crippen molar-refractivity contribution in [3.8, 4) is 5.75 Å². The fraction of sp³-hybridized carbons (Fsp3) is 0.467. The molecule has 1 aromatic heterocycles. The normalized spacial score (nSPS) is 17.1. The molecule has 38 heavy (non-hydrogen) atoms. The summed E-state index contributed by atoms with van der Waals surface area (Å²) >= 11 is 0. The summed E-state index contributed by atoms with van der Waals surface area (Å²) in [5.41, 5.74) is 3.05. The number of benzene rings is 2. The summed E-state index contributed by atoms with van der Waals surface area (Å²) in [4.78, 5) is 31.3. The molecular weight excluding hydrogens is 480 g/mol. The Balaban J connectivity index is 1.47. The third kappa shape index (κ3) is 5.28. The molecule has 0 atom stereocenters. The average molecular weight is 519 g/mol. The molecule has 2 aliphatic heterocycles. The van der Waals surface area contributed by atoms with E-state index < -0.39 is 0 Å². The fourth-order valence-electron chi connectivity index (χ4n) is 5.53. The first-order valence-corrected chi connectivity index (χ1v) is 13.5. The zero-order chi connectivity index (χ0) is 26.8. The SMILES string of the molecule is COc1cccc(Cn2c(C(=O)NC3CCN(C(C)C)CC3)cc3c(C(=O)N4CC(OC)C4)cccc32)c1. The maximum Gasteiger partial charge on any atom is 0.268 e. The monoisotopic (exact) mass is 518 g/mol. The van der Waals surface area contributed by atoms with Gasteiger partial charge in [0.1, 0.15) is 11.4 Å². The minimum absolute atomic E-state index is 0.0320. The highest BCUT2D eigenvalue weighted by Crippen LogP contribution is 2.28. The van der Waals surface area contributed by atoms with Crippen LogP contribution in [0.3, 0.4) is 0 Å². The van der Waals surface area contributed by atoms with E-state index in [2.05, 4.69) is 24.1 Å². The molecule has 2 saturated heterocycles. The van der Waals surface area contributed by atoms with E-state index in [-0.39, 0.29) is 24.0 Å². The topological polar surface area (TPSA) is 76.0 Å². The lowest BCUT2D eigenvalue weighted by Crippen LogP contribution is -2.54. The molecule has 0 bridgehead atoms. The van der Waals surface area contributed by atoms with Crippen molar-refractivity contribution >= 4 is 22.7 Å². The predicted octanol–water partition coefficient (Wildman–Crippen LogP) is 3.77. The molecule has 8 heteroatoms. The van der Waals surface area contributed by atoms with Crippen LogP contribution < -0.4 is 10.1 Å². The maximum absolute atomic E-state index is 13.7. The largest absolute Gasteiger partial charge is 0.497 e. The van der Waals surface area contributed by atoms with Gasteiger partial charge < -0.3 is 29.2 Å². The van der Waals surface area contributed by atoms with Gasteiger partial charge in [0.2, 0.25) is 0 Å². The van der Waals surface area contributed by atoms with Crippen molar-refractivity contribution in [1.29, 1.82) is 0 Å². The van der Waals surface area contributed by atoms with Gasteiger partial charge in [-0.2, -0.15) is 0 Å².